The molecule has 4 nitrogen and oxygen atoms in total. The molecule has 1 unspecified atom stereocenters. The Bertz CT molecular complexity index is 617. The molecule has 0 saturated heterocycles. The molecular formula is C12H10BrF2N3O. The number of hydrogen-bond donors (Lipinski definition) is 0. The zero-order valence-electron chi connectivity index (χ0n) is 9.81. The second kappa shape index (κ2) is 4.97. The number of nitrogens with zero attached hydrogens (tertiary/aromatic N) is 3. The van der Waals surface area contributed by atoms with Gasteiger partial charge in [-0.1, -0.05) is 6.07 Å². The van der Waals surface area contributed by atoms with Crippen molar-refractivity contribution in [3.8, 4) is 0 Å². The van der Waals surface area contributed by atoms with Crippen molar-refractivity contribution in [1.29, 1.82) is 0 Å². The third kappa shape index (κ3) is 2.40. The van der Waals surface area contributed by atoms with Gasteiger partial charge in [0.25, 0.3) is 0 Å². The summed E-state index contributed by atoms with van der Waals surface area (Å²) in [4.78, 5) is 4.22. The average Bonchev–Trinajstić information content (AvgIpc) is 2.62. The molecule has 0 aliphatic carbocycles. The van der Waals surface area contributed by atoms with E-state index in [9.17, 15) is 8.78 Å². The van der Waals surface area contributed by atoms with Gasteiger partial charge in [-0.25, -0.2) is 18.4 Å². The van der Waals surface area contributed by atoms with Crippen molar-refractivity contribution in [2.45, 2.75) is 19.1 Å². The van der Waals surface area contributed by atoms with Gasteiger partial charge in [-0.2, -0.15) is 0 Å². The Kier molecular flexibility index (Phi) is 3.32. The summed E-state index contributed by atoms with van der Waals surface area (Å²) in [5.41, 5.74) is 0.268. The summed E-state index contributed by atoms with van der Waals surface area (Å²) >= 11 is 3.20. The lowest BCUT2D eigenvalue weighted by molar-refractivity contribution is 0.0786. The van der Waals surface area contributed by atoms with Crippen LogP contribution in [0.5, 0.6) is 0 Å². The molecule has 100 valence electrons. The maximum atomic E-state index is 13.9. The number of hydrogen-bond acceptors (Lipinski definition) is 3. The van der Waals surface area contributed by atoms with Gasteiger partial charge in [0.15, 0.2) is 5.82 Å². The molecule has 0 spiro atoms. The number of fused-ring (bicyclic) bond motifs is 1. The molecule has 2 aromatic rings. The Balaban J connectivity index is 2.08. The van der Waals surface area contributed by atoms with E-state index in [1.165, 1.54) is 12.1 Å². The SMILES string of the molecule is Fc1ccc(C2OCCCn3nc(Br)nc32)c(F)c1. The van der Waals surface area contributed by atoms with Gasteiger partial charge in [-0.05, 0) is 28.4 Å². The minimum absolute atomic E-state index is 0.268. The van der Waals surface area contributed by atoms with E-state index in [0.717, 1.165) is 12.5 Å². The fourth-order valence-electron chi connectivity index (χ4n) is 2.12. The molecule has 0 saturated carbocycles. The summed E-state index contributed by atoms with van der Waals surface area (Å²) in [6.07, 6.45) is 0.101. The molecule has 19 heavy (non-hydrogen) atoms. The fourth-order valence-corrected chi connectivity index (χ4v) is 2.49. The predicted molar refractivity (Wildman–Crippen MR) is 66.5 cm³/mol. The molecule has 2 heterocycles. The Hall–Kier alpha value is -1.34. The lowest BCUT2D eigenvalue weighted by Gasteiger charge is -2.15. The van der Waals surface area contributed by atoms with Crippen LogP contribution in [0, 0.1) is 11.6 Å². The Morgan fingerprint density at radius 1 is 1.37 bits per heavy atom. The van der Waals surface area contributed by atoms with Crippen LogP contribution in [-0.2, 0) is 11.3 Å². The van der Waals surface area contributed by atoms with Crippen molar-refractivity contribution in [3.63, 3.8) is 0 Å². The largest absolute Gasteiger partial charge is 0.365 e. The summed E-state index contributed by atoms with van der Waals surface area (Å²) < 4.78 is 34.6. The maximum absolute atomic E-state index is 13.9. The lowest BCUT2D eigenvalue weighted by atomic mass is 10.1. The number of rotatable bonds is 1. The van der Waals surface area contributed by atoms with Crippen molar-refractivity contribution in [1.82, 2.24) is 14.8 Å². The molecule has 0 amide bonds. The van der Waals surface area contributed by atoms with Crippen LogP contribution in [0.25, 0.3) is 0 Å². The molecule has 1 aromatic carbocycles. The Morgan fingerprint density at radius 3 is 3.00 bits per heavy atom. The van der Waals surface area contributed by atoms with E-state index in [2.05, 4.69) is 26.0 Å². The lowest BCUT2D eigenvalue weighted by Crippen LogP contribution is -2.12. The van der Waals surface area contributed by atoms with Crippen LogP contribution in [0.15, 0.2) is 22.9 Å². The Labute approximate surface area is 116 Å². The van der Waals surface area contributed by atoms with Crippen LogP contribution >= 0.6 is 15.9 Å². The number of halogens is 3. The van der Waals surface area contributed by atoms with Gasteiger partial charge >= 0.3 is 0 Å². The first kappa shape index (κ1) is 12.7. The minimum atomic E-state index is -0.665. The van der Waals surface area contributed by atoms with E-state index >= 15 is 0 Å². The number of benzene rings is 1. The van der Waals surface area contributed by atoms with Crippen LogP contribution in [0.3, 0.4) is 0 Å². The van der Waals surface area contributed by atoms with Crippen molar-refractivity contribution in [2.24, 2.45) is 0 Å². The average molecular weight is 330 g/mol. The molecule has 0 fully saturated rings. The first-order valence-corrected chi connectivity index (χ1v) is 6.61. The van der Waals surface area contributed by atoms with E-state index in [-0.39, 0.29) is 5.56 Å². The molecule has 0 N–H and O–H groups in total. The minimum Gasteiger partial charge on any atom is -0.365 e. The van der Waals surface area contributed by atoms with Gasteiger partial charge in [0.1, 0.15) is 17.7 Å². The van der Waals surface area contributed by atoms with Crippen molar-refractivity contribution >= 4 is 15.9 Å². The van der Waals surface area contributed by atoms with Crippen LogP contribution in [0.4, 0.5) is 8.78 Å². The monoisotopic (exact) mass is 329 g/mol. The molecule has 3 rings (SSSR count). The van der Waals surface area contributed by atoms with Crippen LogP contribution in [0.2, 0.25) is 0 Å². The molecule has 0 radical (unpaired) electrons. The van der Waals surface area contributed by atoms with E-state index in [1.807, 2.05) is 0 Å². The second-order valence-electron chi connectivity index (χ2n) is 4.23. The molecule has 1 aromatic heterocycles. The van der Waals surface area contributed by atoms with Crippen LogP contribution in [0.1, 0.15) is 23.9 Å². The van der Waals surface area contributed by atoms with Crippen LogP contribution < -0.4 is 0 Å². The molecule has 1 aliphatic heterocycles. The zero-order chi connectivity index (χ0) is 13.4. The molecule has 1 atom stereocenters. The molecular weight excluding hydrogens is 320 g/mol. The fraction of sp³-hybridized carbons (Fsp3) is 0.333. The molecule has 1 aliphatic rings. The number of aromatic nitrogens is 3. The first-order chi connectivity index (χ1) is 9.15. The standard InChI is InChI=1S/C12H10BrF2N3O/c13-12-16-11-10(19-5-1-4-18(11)17-12)8-3-2-7(14)6-9(8)15/h2-3,6,10H,1,4-5H2. The van der Waals surface area contributed by atoms with Gasteiger partial charge in [-0.15, -0.1) is 5.10 Å². The highest BCUT2D eigenvalue weighted by atomic mass is 79.9. The van der Waals surface area contributed by atoms with E-state index in [1.54, 1.807) is 4.68 Å². The quantitative estimate of drug-likeness (QED) is 0.807. The summed E-state index contributed by atoms with van der Waals surface area (Å²) in [5, 5.41) is 4.18. The summed E-state index contributed by atoms with van der Waals surface area (Å²) in [7, 11) is 0. The highest BCUT2D eigenvalue weighted by molar-refractivity contribution is 9.10. The summed E-state index contributed by atoms with van der Waals surface area (Å²) in [6, 6.07) is 3.44. The van der Waals surface area contributed by atoms with E-state index in [0.29, 0.717) is 23.7 Å². The summed E-state index contributed by atoms with van der Waals surface area (Å²) in [5.74, 6) is -0.732. The predicted octanol–water partition coefficient (Wildman–Crippen LogP) is 2.83. The van der Waals surface area contributed by atoms with Crippen LogP contribution in [-0.4, -0.2) is 21.4 Å². The highest BCUT2D eigenvalue weighted by Crippen LogP contribution is 2.30. The molecule has 0 bridgehead atoms. The maximum Gasteiger partial charge on any atom is 0.217 e. The zero-order valence-corrected chi connectivity index (χ0v) is 11.4. The first-order valence-electron chi connectivity index (χ1n) is 5.82. The van der Waals surface area contributed by atoms with Crippen molar-refractivity contribution in [2.75, 3.05) is 6.61 Å². The van der Waals surface area contributed by atoms with Gasteiger partial charge in [0.05, 0.1) is 0 Å². The number of aryl methyl sites for hydroxylation is 1. The third-order valence-electron chi connectivity index (χ3n) is 2.95. The van der Waals surface area contributed by atoms with E-state index < -0.39 is 17.7 Å². The molecule has 7 heteroatoms. The normalized spacial score (nSPS) is 19.0. The second-order valence-corrected chi connectivity index (χ2v) is 4.94. The van der Waals surface area contributed by atoms with Gasteiger partial charge in [-0.3, -0.25) is 0 Å². The van der Waals surface area contributed by atoms with Gasteiger partial charge in [0, 0.05) is 24.8 Å². The third-order valence-corrected chi connectivity index (χ3v) is 3.29. The van der Waals surface area contributed by atoms with Crippen molar-refractivity contribution in [3.05, 3.63) is 46.0 Å². The van der Waals surface area contributed by atoms with E-state index in [4.69, 9.17) is 4.74 Å². The van der Waals surface area contributed by atoms with Crippen molar-refractivity contribution < 1.29 is 13.5 Å². The highest BCUT2D eigenvalue weighted by Gasteiger charge is 2.27. The van der Waals surface area contributed by atoms with Gasteiger partial charge < -0.3 is 4.74 Å². The number of ether oxygens (including phenoxy) is 1. The Morgan fingerprint density at radius 2 is 2.21 bits per heavy atom. The topological polar surface area (TPSA) is 39.9 Å². The summed E-state index contributed by atoms with van der Waals surface area (Å²) in [6.45, 7) is 1.14. The van der Waals surface area contributed by atoms with Gasteiger partial charge in [0.2, 0.25) is 4.73 Å². The smallest absolute Gasteiger partial charge is 0.217 e.